The highest BCUT2D eigenvalue weighted by molar-refractivity contribution is 5.84. The maximum Gasteiger partial charge on any atom is 0.230 e. The zero-order valence-corrected chi connectivity index (χ0v) is 11.1. The van der Waals surface area contributed by atoms with E-state index in [0.29, 0.717) is 5.92 Å². The number of aryl methyl sites for hydroxylation is 1. The molecule has 1 atom stereocenters. The van der Waals surface area contributed by atoms with Gasteiger partial charge in [0, 0.05) is 31.0 Å². The molecule has 5 heteroatoms. The first kappa shape index (κ1) is 12.7. The van der Waals surface area contributed by atoms with Gasteiger partial charge in [-0.1, -0.05) is 0 Å². The van der Waals surface area contributed by atoms with E-state index in [2.05, 4.69) is 10.2 Å². The molecule has 1 aliphatic heterocycles. The number of amides is 1. The number of aliphatic hydroxyl groups excluding tert-OH is 1. The van der Waals surface area contributed by atoms with Crippen molar-refractivity contribution in [2.45, 2.75) is 38.0 Å². The van der Waals surface area contributed by atoms with Crippen molar-refractivity contribution in [2.75, 3.05) is 19.7 Å². The molecular weight excluding hydrogens is 242 g/mol. The lowest BCUT2D eigenvalue weighted by Gasteiger charge is -2.34. The summed E-state index contributed by atoms with van der Waals surface area (Å²) in [4.78, 5) is 14.6. The van der Waals surface area contributed by atoms with E-state index in [4.69, 9.17) is 5.11 Å². The van der Waals surface area contributed by atoms with Crippen LogP contribution in [-0.4, -0.2) is 45.8 Å². The van der Waals surface area contributed by atoms with Crippen LogP contribution in [0.2, 0.25) is 0 Å². The van der Waals surface area contributed by atoms with Gasteiger partial charge >= 0.3 is 0 Å². The Labute approximate surface area is 113 Å². The molecule has 104 valence electrons. The van der Waals surface area contributed by atoms with Crippen LogP contribution in [0.3, 0.4) is 0 Å². The van der Waals surface area contributed by atoms with Crippen molar-refractivity contribution in [2.24, 2.45) is 5.92 Å². The van der Waals surface area contributed by atoms with Crippen molar-refractivity contribution >= 4 is 5.91 Å². The topological polar surface area (TPSA) is 69.2 Å². The summed E-state index contributed by atoms with van der Waals surface area (Å²) in [7, 11) is 0. The largest absolute Gasteiger partial charge is 0.396 e. The Hall–Kier alpha value is -1.36. The van der Waals surface area contributed by atoms with Crippen molar-refractivity contribution in [3.05, 3.63) is 17.5 Å². The van der Waals surface area contributed by atoms with Crippen molar-refractivity contribution < 1.29 is 9.90 Å². The van der Waals surface area contributed by atoms with E-state index in [0.717, 1.165) is 56.5 Å². The van der Waals surface area contributed by atoms with Gasteiger partial charge in [-0.05, 0) is 38.0 Å². The minimum absolute atomic E-state index is 0.00632. The molecule has 2 aliphatic rings. The monoisotopic (exact) mass is 263 g/mol. The van der Waals surface area contributed by atoms with Gasteiger partial charge in [0.1, 0.15) is 0 Å². The van der Waals surface area contributed by atoms with Crippen LogP contribution in [0.5, 0.6) is 0 Å². The molecule has 0 aromatic carbocycles. The molecule has 2 N–H and O–H groups in total. The number of aromatic amines is 1. The zero-order chi connectivity index (χ0) is 13.2. The molecule has 0 bridgehead atoms. The number of aliphatic hydroxyl groups is 1. The van der Waals surface area contributed by atoms with E-state index in [9.17, 15) is 4.79 Å². The van der Waals surface area contributed by atoms with Crippen LogP contribution in [0.1, 0.15) is 42.9 Å². The Morgan fingerprint density at radius 2 is 2.21 bits per heavy atom. The van der Waals surface area contributed by atoms with Crippen molar-refractivity contribution in [3.8, 4) is 0 Å². The standard InChI is InChI=1S/C14H21N3O2/c18-9-10-4-6-17(7-5-10)14(19)11-2-1-3-13-12(11)8-15-16-13/h8,10-11,18H,1-7,9H2,(H,15,16). The van der Waals surface area contributed by atoms with E-state index in [1.807, 2.05) is 11.1 Å². The number of hydrogen-bond acceptors (Lipinski definition) is 3. The second kappa shape index (κ2) is 5.33. The van der Waals surface area contributed by atoms with Gasteiger partial charge < -0.3 is 10.0 Å². The summed E-state index contributed by atoms with van der Waals surface area (Å²) in [6.45, 7) is 1.82. The van der Waals surface area contributed by atoms with Gasteiger partial charge in [0.25, 0.3) is 0 Å². The molecule has 1 aromatic heterocycles. The van der Waals surface area contributed by atoms with Gasteiger partial charge in [0.15, 0.2) is 0 Å². The van der Waals surface area contributed by atoms with Crippen molar-refractivity contribution in [1.82, 2.24) is 15.1 Å². The number of H-pyrrole nitrogens is 1. The number of likely N-dealkylation sites (tertiary alicyclic amines) is 1. The van der Waals surface area contributed by atoms with Crippen molar-refractivity contribution in [1.29, 1.82) is 0 Å². The number of nitrogens with zero attached hydrogens (tertiary/aromatic N) is 2. The van der Waals surface area contributed by atoms with Crippen molar-refractivity contribution in [3.63, 3.8) is 0 Å². The van der Waals surface area contributed by atoms with Crippen LogP contribution in [0.4, 0.5) is 0 Å². The van der Waals surface area contributed by atoms with Gasteiger partial charge in [0.05, 0.1) is 12.1 Å². The summed E-state index contributed by atoms with van der Waals surface area (Å²) >= 11 is 0. The van der Waals surface area contributed by atoms with Crippen LogP contribution in [0.25, 0.3) is 0 Å². The molecule has 0 spiro atoms. The van der Waals surface area contributed by atoms with Gasteiger partial charge in [-0.2, -0.15) is 5.10 Å². The number of carbonyl (C=O) groups is 1. The molecular formula is C14H21N3O2. The van der Waals surface area contributed by atoms with Crippen LogP contribution in [-0.2, 0) is 11.2 Å². The lowest BCUT2D eigenvalue weighted by atomic mass is 9.85. The first-order valence-corrected chi connectivity index (χ1v) is 7.21. The molecule has 1 saturated heterocycles. The Bertz CT molecular complexity index is 449. The number of rotatable bonds is 2. The summed E-state index contributed by atoms with van der Waals surface area (Å²) in [6.07, 6.45) is 6.66. The van der Waals surface area contributed by atoms with Crippen LogP contribution in [0, 0.1) is 5.92 Å². The van der Waals surface area contributed by atoms with Crippen LogP contribution in [0.15, 0.2) is 6.20 Å². The Morgan fingerprint density at radius 3 is 2.95 bits per heavy atom. The van der Waals surface area contributed by atoms with Crippen LogP contribution < -0.4 is 0 Å². The highest BCUT2D eigenvalue weighted by Gasteiger charge is 2.32. The fourth-order valence-electron chi connectivity index (χ4n) is 3.27. The molecule has 19 heavy (non-hydrogen) atoms. The predicted octanol–water partition coefficient (Wildman–Crippen LogP) is 1.06. The number of aromatic nitrogens is 2. The summed E-state index contributed by atoms with van der Waals surface area (Å²) in [5.74, 6) is 0.617. The zero-order valence-electron chi connectivity index (χ0n) is 11.1. The quantitative estimate of drug-likeness (QED) is 0.838. The van der Waals surface area contributed by atoms with E-state index in [-0.39, 0.29) is 18.4 Å². The van der Waals surface area contributed by atoms with Crippen LogP contribution >= 0.6 is 0 Å². The minimum Gasteiger partial charge on any atom is -0.396 e. The second-order valence-electron chi connectivity index (χ2n) is 5.70. The van der Waals surface area contributed by atoms with E-state index in [1.165, 1.54) is 0 Å². The fourth-order valence-corrected chi connectivity index (χ4v) is 3.27. The lowest BCUT2D eigenvalue weighted by Crippen LogP contribution is -2.42. The third-order valence-corrected chi connectivity index (χ3v) is 4.53. The molecule has 5 nitrogen and oxygen atoms in total. The second-order valence-corrected chi connectivity index (χ2v) is 5.70. The SMILES string of the molecule is O=C(C1CCCc2[nH]ncc21)N1CCC(CO)CC1. The molecule has 0 saturated carbocycles. The first-order valence-electron chi connectivity index (χ1n) is 7.21. The molecule has 1 aliphatic carbocycles. The van der Waals surface area contributed by atoms with E-state index >= 15 is 0 Å². The number of fused-ring (bicyclic) bond motifs is 1. The van der Waals surface area contributed by atoms with Gasteiger partial charge in [-0.3, -0.25) is 9.89 Å². The first-order chi connectivity index (χ1) is 9.29. The Kier molecular flexibility index (Phi) is 3.55. The molecule has 1 amide bonds. The van der Waals surface area contributed by atoms with E-state index in [1.54, 1.807) is 0 Å². The number of carbonyl (C=O) groups excluding carboxylic acids is 1. The van der Waals surface area contributed by atoms with Gasteiger partial charge in [-0.15, -0.1) is 0 Å². The minimum atomic E-state index is -0.00632. The highest BCUT2D eigenvalue weighted by Crippen LogP contribution is 2.32. The summed E-state index contributed by atoms with van der Waals surface area (Å²) in [6, 6.07) is 0. The number of piperidine rings is 1. The fraction of sp³-hybridized carbons (Fsp3) is 0.714. The molecule has 3 rings (SSSR count). The van der Waals surface area contributed by atoms with E-state index < -0.39 is 0 Å². The average molecular weight is 263 g/mol. The summed E-state index contributed by atoms with van der Waals surface area (Å²) in [5.41, 5.74) is 2.23. The van der Waals surface area contributed by atoms with Gasteiger partial charge in [0.2, 0.25) is 5.91 Å². The number of hydrogen-bond donors (Lipinski definition) is 2. The molecule has 1 aromatic rings. The van der Waals surface area contributed by atoms with Gasteiger partial charge in [-0.25, -0.2) is 0 Å². The average Bonchev–Trinajstić information content (AvgIpc) is 2.95. The predicted molar refractivity (Wildman–Crippen MR) is 70.7 cm³/mol. The third-order valence-electron chi connectivity index (χ3n) is 4.53. The summed E-state index contributed by atoms with van der Waals surface area (Å²) < 4.78 is 0. The maximum absolute atomic E-state index is 12.6. The number of nitrogens with one attached hydrogen (secondary N) is 1. The molecule has 0 radical (unpaired) electrons. The highest BCUT2D eigenvalue weighted by atomic mass is 16.3. The molecule has 1 unspecified atom stereocenters. The summed E-state index contributed by atoms with van der Waals surface area (Å²) in [5, 5.41) is 16.2. The normalized spacial score (nSPS) is 24.3. The molecule has 1 fully saturated rings. The Morgan fingerprint density at radius 1 is 1.42 bits per heavy atom. The molecule has 2 heterocycles. The third kappa shape index (κ3) is 2.39. The maximum atomic E-state index is 12.6. The Balaban J connectivity index is 1.69. The lowest BCUT2D eigenvalue weighted by molar-refractivity contribution is -0.134. The smallest absolute Gasteiger partial charge is 0.230 e.